The van der Waals surface area contributed by atoms with Crippen LogP contribution in [0.25, 0.3) is 0 Å². The summed E-state index contributed by atoms with van der Waals surface area (Å²) in [5, 5.41) is 10.5. The number of benzene rings is 2. The summed E-state index contributed by atoms with van der Waals surface area (Å²) in [7, 11) is 0. The van der Waals surface area contributed by atoms with E-state index in [0.717, 1.165) is 35.6 Å². The van der Waals surface area contributed by atoms with E-state index in [4.69, 9.17) is 9.84 Å². The number of rotatable bonds is 6. The van der Waals surface area contributed by atoms with Crippen molar-refractivity contribution >= 4 is 17.3 Å². The van der Waals surface area contributed by atoms with Crippen molar-refractivity contribution in [2.45, 2.75) is 19.2 Å². The molecular formula is C19H12F5NO3S. The maximum Gasteiger partial charge on any atom is 0.416 e. The average molecular weight is 429 g/mol. The standard InChI is InChI=1S/C19H12F5NO3S/c20-13-3-1-10(14(21)7-13)8-28-16-4-2-12(19(22,23)24)5-11(16)6-17-25-15(9-29-17)18(26)27/h1-5,7,9H,6,8H2,(H,26,27). The molecule has 1 aromatic heterocycles. The molecule has 0 spiro atoms. The van der Waals surface area contributed by atoms with Gasteiger partial charge in [0.2, 0.25) is 0 Å². The molecule has 4 nitrogen and oxygen atoms in total. The minimum atomic E-state index is -4.59. The molecule has 0 aliphatic heterocycles. The van der Waals surface area contributed by atoms with E-state index in [2.05, 4.69) is 4.98 Å². The van der Waals surface area contributed by atoms with Crippen molar-refractivity contribution in [3.63, 3.8) is 0 Å². The summed E-state index contributed by atoms with van der Waals surface area (Å²) >= 11 is 0.983. The van der Waals surface area contributed by atoms with Gasteiger partial charge in [-0.15, -0.1) is 11.3 Å². The van der Waals surface area contributed by atoms with Crippen LogP contribution in [0, 0.1) is 11.6 Å². The van der Waals surface area contributed by atoms with Crippen molar-refractivity contribution in [3.8, 4) is 5.75 Å². The summed E-state index contributed by atoms with van der Waals surface area (Å²) in [5.74, 6) is -2.81. The van der Waals surface area contributed by atoms with Gasteiger partial charge < -0.3 is 9.84 Å². The first kappa shape index (κ1) is 20.7. The van der Waals surface area contributed by atoms with Crippen LogP contribution >= 0.6 is 11.3 Å². The minimum absolute atomic E-state index is 0.0275. The van der Waals surface area contributed by atoms with Crippen LogP contribution in [0.5, 0.6) is 5.75 Å². The molecule has 29 heavy (non-hydrogen) atoms. The average Bonchev–Trinajstić information content (AvgIpc) is 3.10. The van der Waals surface area contributed by atoms with Crippen molar-refractivity contribution in [2.24, 2.45) is 0 Å². The molecule has 0 radical (unpaired) electrons. The number of carboxylic acids is 1. The Morgan fingerprint density at radius 3 is 2.48 bits per heavy atom. The van der Waals surface area contributed by atoms with E-state index in [1.54, 1.807) is 0 Å². The van der Waals surface area contributed by atoms with Gasteiger partial charge in [0, 0.05) is 29.0 Å². The second-order valence-corrected chi connectivity index (χ2v) is 6.90. The Hall–Kier alpha value is -3.01. The highest BCUT2D eigenvalue weighted by Gasteiger charge is 2.31. The van der Waals surface area contributed by atoms with Crippen LogP contribution in [0.1, 0.15) is 32.2 Å². The highest BCUT2D eigenvalue weighted by Crippen LogP contribution is 2.34. The molecule has 152 valence electrons. The maximum atomic E-state index is 13.8. The van der Waals surface area contributed by atoms with E-state index in [-0.39, 0.29) is 40.6 Å². The summed E-state index contributed by atoms with van der Waals surface area (Å²) in [6.45, 7) is -0.331. The van der Waals surface area contributed by atoms with Gasteiger partial charge in [-0.05, 0) is 30.3 Å². The van der Waals surface area contributed by atoms with Gasteiger partial charge in [0.1, 0.15) is 24.0 Å². The molecule has 0 saturated carbocycles. The summed E-state index contributed by atoms with van der Waals surface area (Å²) in [6, 6.07) is 5.69. The molecule has 0 fully saturated rings. The molecule has 10 heteroatoms. The fraction of sp³-hybridized carbons (Fsp3) is 0.158. The Kier molecular flexibility index (Phi) is 5.83. The lowest BCUT2D eigenvalue weighted by molar-refractivity contribution is -0.137. The van der Waals surface area contributed by atoms with E-state index in [1.165, 1.54) is 11.4 Å². The van der Waals surface area contributed by atoms with Crippen LogP contribution in [-0.4, -0.2) is 16.1 Å². The van der Waals surface area contributed by atoms with Gasteiger partial charge in [0.05, 0.1) is 10.6 Å². The van der Waals surface area contributed by atoms with Gasteiger partial charge in [0.25, 0.3) is 0 Å². The number of ether oxygens (including phenoxy) is 1. The highest BCUT2D eigenvalue weighted by atomic mass is 32.1. The largest absolute Gasteiger partial charge is 0.489 e. The van der Waals surface area contributed by atoms with Crippen LogP contribution in [0.2, 0.25) is 0 Å². The minimum Gasteiger partial charge on any atom is -0.489 e. The van der Waals surface area contributed by atoms with E-state index in [1.807, 2.05) is 0 Å². The summed E-state index contributed by atoms with van der Waals surface area (Å²) in [5.41, 5.74) is -0.996. The zero-order valence-electron chi connectivity index (χ0n) is 14.5. The number of aromatic nitrogens is 1. The Bertz CT molecular complexity index is 1050. The molecule has 0 bridgehead atoms. The Morgan fingerprint density at radius 1 is 1.10 bits per heavy atom. The smallest absolute Gasteiger partial charge is 0.416 e. The van der Waals surface area contributed by atoms with Crippen molar-refractivity contribution < 1.29 is 36.6 Å². The lowest BCUT2D eigenvalue weighted by atomic mass is 10.1. The second kappa shape index (κ2) is 8.16. The normalized spacial score (nSPS) is 11.5. The second-order valence-electron chi connectivity index (χ2n) is 5.95. The Morgan fingerprint density at radius 2 is 1.86 bits per heavy atom. The molecule has 1 N–H and O–H groups in total. The van der Waals surface area contributed by atoms with E-state index in [9.17, 15) is 26.7 Å². The third-order valence-corrected chi connectivity index (χ3v) is 4.75. The van der Waals surface area contributed by atoms with Gasteiger partial charge in [-0.3, -0.25) is 0 Å². The fourth-order valence-electron chi connectivity index (χ4n) is 2.48. The lowest BCUT2D eigenvalue weighted by Gasteiger charge is -2.14. The summed E-state index contributed by atoms with van der Waals surface area (Å²) in [6.07, 6.45) is -4.70. The molecule has 0 amide bonds. The summed E-state index contributed by atoms with van der Waals surface area (Å²) in [4.78, 5) is 14.8. The predicted octanol–water partition coefficient (Wildman–Crippen LogP) is 5.31. The van der Waals surface area contributed by atoms with Crippen LogP contribution in [0.4, 0.5) is 22.0 Å². The number of aromatic carboxylic acids is 1. The number of halogens is 5. The molecule has 3 aromatic rings. The van der Waals surface area contributed by atoms with Crippen molar-refractivity contribution in [2.75, 3.05) is 0 Å². The van der Waals surface area contributed by atoms with Crippen LogP contribution in [-0.2, 0) is 19.2 Å². The van der Waals surface area contributed by atoms with Crippen LogP contribution in [0.15, 0.2) is 41.8 Å². The number of hydrogen-bond acceptors (Lipinski definition) is 4. The van der Waals surface area contributed by atoms with Gasteiger partial charge in [-0.1, -0.05) is 0 Å². The molecular weight excluding hydrogens is 417 g/mol. The zero-order chi connectivity index (χ0) is 21.2. The van der Waals surface area contributed by atoms with Crippen molar-refractivity contribution in [1.82, 2.24) is 4.98 Å². The third kappa shape index (κ3) is 5.08. The molecule has 0 saturated heterocycles. The topological polar surface area (TPSA) is 59.4 Å². The van der Waals surface area contributed by atoms with Gasteiger partial charge in [-0.2, -0.15) is 13.2 Å². The number of hydrogen-bond donors (Lipinski definition) is 1. The van der Waals surface area contributed by atoms with Gasteiger partial charge in [-0.25, -0.2) is 18.6 Å². The van der Waals surface area contributed by atoms with Crippen molar-refractivity contribution in [1.29, 1.82) is 0 Å². The van der Waals surface area contributed by atoms with E-state index >= 15 is 0 Å². The Balaban J connectivity index is 1.89. The Labute approximate surface area is 165 Å². The fourth-order valence-corrected chi connectivity index (χ4v) is 3.27. The molecule has 0 aliphatic rings. The first-order valence-corrected chi connectivity index (χ1v) is 8.96. The highest BCUT2D eigenvalue weighted by molar-refractivity contribution is 7.09. The zero-order valence-corrected chi connectivity index (χ0v) is 15.3. The number of carbonyl (C=O) groups is 1. The predicted molar refractivity (Wildman–Crippen MR) is 94.0 cm³/mol. The number of carboxylic acid groups (broad SMARTS) is 1. The molecule has 0 unspecified atom stereocenters. The number of nitrogens with zero attached hydrogens (tertiary/aromatic N) is 1. The monoisotopic (exact) mass is 429 g/mol. The molecule has 1 heterocycles. The quantitative estimate of drug-likeness (QED) is 0.540. The lowest BCUT2D eigenvalue weighted by Crippen LogP contribution is -2.08. The van der Waals surface area contributed by atoms with Gasteiger partial charge >= 0.3 is 12.1 Å². The van der Waals surface area contributed by atoms with Crippen LogP contribution in [0.3, 0.4) is 0 Å². The van der Waals surface area contributed by atoms with E-state index < -0.39 is 29.3 Å². The first-order chi connectivity index (χ1) is 13.6. The number of alkyl halides is 3. The van der Waals surface area contributed by atoms with E-state index in [0.29, 0.717) is 6.07 Å². The summed E-state index contributed by atoms with van der Waals surface area (Å²) < 4.78 is 71.5. The molecule has 0 aliphatic carbocycles. The maximum absolute atomic E-state index is 13.8. The SMILES string of the molecule is O=C(O)c1csc(Cc2cc(C(F)(F)F)ccc2OCc2ccc(F)cc2F)n1. The van der Waals surface area contributed by atoms with Crippen LogP contribution < -0.4 is 4.74 Å². The molecule has 0 atom stereocenters. The van der Waals surface area contributed by atoms with Gasteiger partial charge in [0.15, 0.2) is 5.69 Å². The number of thiazole rings is 1. The first-order valence-electron chi connectivity index (χ1n) is 8.08. The molecule has 3 rings (SSSR count). The third-order valence-electron chi connectivity index (χ3n) is 3.90. The molecule has 2 aromatic carbocycles. The van der Waals surface area contributed by atoms with Crippen molar-refractivity contribution in [3.05, 3.63) is 80.8 Å².